The lowest BCUT2D eigenvalue weighted by molar-refractivity contribution is 0.181. The molecule has 0 unspecified atom stereocenters. The average Bonchev–Trinajstić information content (AvgIpc) is 3.18. The Labute approximate surface area is 185 Å². The monoisotopic (exact) mass is 439 g/mol. The summed E-state index contributed by atoms with van der Waals surface area (Å²) in [7, 11) is 0. The molecule has 0 amide bonds. The first-order valence-electron chi connectivity index (χ1n) is 11.2. The van der Waals surface area contributed by atoms with Crippen molar-refractivity contribution in [1.29, 1.82) is 0 Å². The minimum Gasteiger partial charge on any atom is -0.492 e. The first-order valence-corrected chi connectivity index (χ1v) is 11.2. The standard InChI is InChI=1S/C25H27F2N3O2/c26-19-2-1-3-21(14-19)32-13-10-28-20-8-11-29(12-9-20)15-18-16-30-23(31)7-5-17-4-6-22(27)24(18)25(17)30/h1-7,14,18,20,28H,8-13,15-16H2/t18-/m1/s1. The highest BCUT2D eigenvalue weighted by Crippen LogP contribution is 2.35. The quantitative estimate of drug-likeness (QED) is 0.573. The molecule has 2 aliphatic heterocycles. The van der Waals surface area contributed by atoms with Crippen molar-refractivity contribution in [3.05, 3.63) is 76.1 Å². The highest BCUT2D eigenvalue weighted by molar-refractivity contribution is 5.84. The maximum Gasteiger partial charge on any atom is 0.251 e. The fourth-order valence-electron chi connectivity index (χ4n) is 5.05. The molecule has 32 heavy (non-hydrogen) atoms. The van der Waals surface area contributed by atoms with Crippen molar-refractivity contribution in [2.24, 2.45) is 0 Å². The van der Waals surface area contributed by atoms with Crippen LogP contribution in [0.5, 0.6) is 5.75 Å². The summed E-state index contributed by atoms with van der Waals surface area (Å²) in [5, 5.41) is 4.44. The van der Waals surface area contributed by atoms with Crippen molar-refractivity contribution < 1.29 is 13.5 Å². The summed E-state index contributed by atoms with van der Waals surface area (Å²) in [6.07, 6.45) is 2.01. The third-order valence-electron chi connectivity index (χ3n) is 6.61. The molecule has 1 atom stereocenters. The van der Waals surface area contributed by atoms with E-state index in [9.17, 15) is 13.6 Å². The van der Waals surface area contributed by atoms with Crippen LogP contribution in [0.1, 0.15) is 24.3 Å². The number of rotatable bonds is 7. The third kappa shape index (κ3) is 4.27. The maximum atomic E-state index is 14.7. The Bertz CT molecular complexity index is 1170. The number of nitrogens with zero attached hydrogens (tertiary/aromatic N) is 2. The van der Waals surface area contributed by atoms with Crippen molar-refractivity contribution in [2.45, 2.75) is 31.3 Å². The summed E-state index contributed by atoms with van der Waals surface area (Å²) in [5.41, 5.74) is 1.39. The van der Waals surface area contributed by atoms with Gasteiger partial charge in [-0.15, -0.1) is 0 Å². The van der Waals surface area contributed by atoms with Crippen molar-refractivity contribution in [2.75, 3.05) is 32.8 Å². The third-order valence-corrected chi connectivity index (χ3v) is 6.61. The number of piperidine rings is 1. The first-order chi connectivity index (χ1) is 15.6. The number of likely N-dealkylation sites (tertiary alicyclic amines) is 1. The highest BCUT2D eigenvalue weighted by Gasteiger charge is 2.31. The number of ether oxygens (including phenoxy) is 1. The van der Waals surface area contributed by atoms with Gasteiger partial charge in [0.05, 0.1) is 5.52 Å². The maximum absolute atomic E-state index is 14.7. The summed E-state index contributed by atoms with van der Waals surface area (Å²) in [4.78, 5) is 14.7. The van der Waals surface area contributed by atoms with E-state index in [1.165, 1.54) is 18.2 Å². The van der Waals surface area contributed by atoms with E-state index in [4.69, 9.17) is 4.74 Å². The van der Waals surface area contributed by atoms with Crippen molar-refractivity contribution in [3.8, 4) is 5.75 Å². The second-order valence-electron chi connectivity index (χ2n) is 8.71. The van der Waals surface area contributed by atoms with Gasteiger partial charge in [-0.05, 0) is 61.6 Å². The van der Waals surface area contributed by atoms with Crippen LogP contribution < -0.4 is 15.6 Å². The molecular weight excluding hydrogens is 412 g/mol. The molecule has 5 rings (SSSR count). The summed E-state index contributed by atoms with van der Waals surface area (Å²) in [5.74, 6) is 0.0295. The number of aromatic nitrogens is 1. The van der Waals surface area contributed by atoms with Crippen molar-refractivity contribution in [3.63, 3.8) is 0 Å². The number of hydrogen-bond acceptors (Lipinski definition) is 4. The van der Waals surface area contributed by atoms with Gasteiger partial charge >= 0.3 is 0 Å². The molecule has 1 fully saturated rings. The molecule has 0 spiro atoms. The molecule has 2 aliphatic rings. The molecule has 168 valence electrons. The highest BCUT2D eigenvalue weighted by atomic mass is 19.1. The lowest BCUT2D eigenvalue weighted by Crippen LogP contribution is -2.44. The van der Waals surface area contributed by atoms with E-state index in [1.54, 1.807) is 34.9 Å². The molecule has 3 heterocycles. The van der Waals surface area contributed by atoms with Gasteiger partial charge in [0.25, 0.3) is 5.56 Å². The van der Waals surface area contributed by atoms with E-state index in [1.807, 2.05) is 0 Å². The lowest BCUT2D eigenvalue weighted by Gasteiger charge is -2.34. The second kappa shape index (κ2) is 9.00. The Kier molecular flexibility index (Phi) is 5.93. The van der Waals surface area contributed by atoms with Gasteiger partial charge in [-0.2, -0.15) is 0 Å². The van der Waals surface area contributed by atoms with E-state index >= 15 is 0 Å². The lowest BCUT2D eigenvalue weighted by atomic mass is 9.97. The zero-order valence-electron chi connectivity index (χ0n) is 17.9. The molecule has 0 radical (unpaired) electrons. The normalized spacial score (nSPS) is 19.0. The molecule has 1 aromatic heterocycles. The van der Waals surface area contributed by atoms with Crippen LogP contribution in [0.25, 0.3) is 10.9 Å². The Hall–Kier alpha value is -2.77. The number of hydrogen-bond donors (Lipinski definition) is 1. The number of pyridine rings is 1. The second-order valence-corrected chi connectivity index (χ2v) is 8.71. The molecule has 3 aromatic rings. The van der Waals surface area contributed by atoms with Crippen LogP contribution in [0.2, 0.25) is 0 Å². The molecular formula is C25H27F2N3O2. The van der Waals surface area contributed by atoms with Gasteiger partial charge in [-0.1, -0.05) is 6.07 Å². The summed E-state index contributed by atoms with van der Waals surface area (Å²) in [6, 6.07) is 13.2. The van der Waals surface area contributed by atoms with E-state index in [0.29, 0.717) is 37.1 Å². The van der Waals surface area contributed by atoms with Gasteiger partial charge in [0, 0.05) is 49.3 Å². The van der Waals surface area contributed by atoms with E-state index < -0.39 is 0 Å². The zero-order valence-corrected chi connectivity index (χ0v) is 17.9. The average molecular weight is 440 g/mol. The van der Waals surface area contributed by atoms with Crippen LogP contribution in [0.15, 0.2) is 53.3 Å². The molecule has 1 N–H and O–H groups in total. The van der Waals surface area contributed by atoms with Gasteiger partial charge < -0.3 is 19.5 Å². The van der Waals surface area contributed by atoms with Gasteiger partial charge in [0.2, 0.25) is 0 Å². The van der Waals surface area contributed by atoms with Gasteiger partial charge in [-0.3, -0.25) is 4.79 Å². The molecule has 0 bridgehead atoms. The fourth-order valence-corrected chi connectivity index (χ4v) is 5.05. The van der Waals surface area contributed by atoms with E-state index in [2.05, 4.69) is 10.2 Å². The largest absolute Gasteiger partial charge is 0.492 e. The topological polar surface area (TPSA) is 46.5 Å². The molecule has 7 heteroatoms. The van der Waals surface area contributed by atoms with E-state index in [0.717, 1.165) is 43.4 Å². The Morgan fingerprint density at radius 3 is 2.69 bits per heavy atom. The zero-order chi connectivity index (χ0) is 22.1. The smallest absolute Gasteiger partial charge is 0.251 e. The van der Waals surface area contributed by atoms with Crippen LogP contribution in [-0.4, -0.2) is 48.3 Å². The predicted molar refractivity (Wildman–Crippen MR) is 120 cm³/mol. The van der Waals surface area contributed by atoms with Crippen LogP contribution in [0.3, 0.4) is 0 Å². The number of halogens is 2. The fraction of sp³-hybridized carbons (Fsp3) is 0.400. The van der Waals surface area contributed by atoms with Gasteiger partial charge in [-0.25, -0.2) is 8.78 Å². The molecule has 1 saturated heterocycles. The predicted octanol–water partition coefficient (Wildman–Crippen LogP) is 3.51. The summed E-state index contributed by atoms with van der Waals surface area (Å²) in [6.45, 7) is 4.36. The minimum absolute atomic E-state index is 0.00187. The molecule has 0 aliphatic carbocycles. The number of nitrogens with one attached hydrogen (secondary N) is 1. The Balaban J connectivity index is 1.12. The molecule has 2 aromatic carbocycles. The Morgan fingerprint density at radius 1 is 1.06 bits per heavy atom. The van der Waals surface area contributed by atoms with Crippen LogP contribution >= 0.6 is 0 Å². The minimum atomic E-state index is -0.297. The van der Waals surface area contributed by atoms with Crippen molar-refractivity contribution in [1.82, 2.24) is 14.8 Å². The first kappa shape index (κ1) is 21.1. The van der Waals surface area contributed by atoms with Crippen LogP contribution in [0.4, 0.5) is 8.78 Å². The number of benzene rings is 2. The van der Waals surface area contributed by atoms with Gasteiger partial charge in [0.15, 0.2) is 0 Å². The summed E-state index contributed by atoms with van der Waals surface area (Å²) < 4.78 is 35.2. The van der Waals surface area contributed by atoms with Crippen LogP contribution in [0, 0.1) is 11.6 Å². The summed E-state index contributed by atoms with van der Waals surface area (Å²) >= 11 is 0. The molecule has 0 saturated carbocycles. The molecule has 5 nitrogen and oxygen atoms in total. The van der Waals surface area contributed by atoms with Crippen LogP contribution in [-0.2, 0) is 6.54 Å². The van der Waals surface area contributed by atoms with E-state index in [-0.39, 0.29) is 23.1 Å². The van der Waals surface area contributed by atoms with Crippen molar-refractivity contribution >= 4 is 10.9 Å². The SMILES string of the molecule is O=c1ccc2ccc(F)c3c2n1C[C@H]3CN1CCC(NCCOc2cccc(F)c2)CC1. The van der Waals surface area contributed by atoms with Gasteiger partial charge in [0.1, 0.15) is 24.0 Å². The Morgan fingerprint density at radius 2 is 1.88 bits per heavy atom.